The van der Waals surface area contributed by atoms with E-state index in [4.69, 9.17) is 0 Å². The molecule has 0 aromatic heterocycles. The second-order valence-electron chi connectivity index (χ2n) is 23.8. The van der Waals surface area contributed by atoms with Crippen molar-refractivity contribution >= 4 is 32.3 Å². The monoisotopic (exact) mass is 909 g/mol. The van der Waals surface area contributed by atoms with Gasteiger partial charge in [0.1, 0.15) is 0 Å². The lowest BCUT2D eigenvalue weighted by Crippen LogP contribution is -2.12. The average molecular weight is 909 g/mol. The Balaban J connectivity index is 1.45. The van der Waals surface area contributed by atoms with Crippen molar-refractivity contribution in [2.75, 3.05) is 0 Å². The first-order valence-electron chi connectivity index (χ1n) is 25.3. The van der Waals surface area contributed by atoms with E-state index >= 15 is 0 Å². The molecule has 10 aromatic rings. The first kappa shape index (κ1) is 46.7. The van der Waals surface area contributed by atoms with Crippen LogP contribution >= 0.6 is 0 Å². The van der Waals surface area contributed by atoms with Gasteiger partial charge in [0.05, 0.1) is 0 Å². The van der Waals surface area contributed by atoms with E-state index in [0.29, 0.717) is 0 Å². The van der Waals surface area contributed by atoms with Crippen molar-refractivity contribution in [2.45, 2.75) is 105 Å². The minimum absolute atomic E-state index is 0.0116. The van der Waals surface area contributed by atoms with Crippen LogP contribution in [-0.2, 0) is 21.7 Å². The van der Waals surface area contributed by atoms with Gasteiger partial charge in [-0.05, 0) is 161 Å². The Labute approximate surface area is 418 Å². The van der Waals surface area contributed by atoms with Gasteiger partial charge in [0.15, 0.2) is 0 Å². The minimum atomic E-state index is -0.136. The van der Waals surface area contributed by atoms with Crippen LogP contribution in [0.2, 0.25) is 0 Å². The maximum Gasteiger partial charge on any atom is -0.000764 e. The summed E-state index contributed by atoms with van der Waals surface area (Å²) < 4.78 is 0. The Morgan fingerprint density at radius 2 is 0.571 bits per heavy atom. The van der Waals surface area contributed by atoms with E-state index in [0.717, 1.165) is 0 Å². The van der Waals surface area contributed by atoms with E-state index in [1.165, 1.54) is 121 Å². The molecule has 10 rings (SSSR count). The third kappa shape index (κ3) is 8.79. The number of rotatable bonds is 6. The molecule has 0 bridgehead atoms. The van der Waals surface area contributed by atoms with Crippen molar-refractivity contribution < 1.29 is 0 Å². The summed E-state index contributed by atoms with van der Waals surface area (Å²) >= 11 is 0. The molecule has 0 heterocycles. The Hall–Kier alpha value is -7.02. The fourth-order valence-corrected chi connectivity index (χ4v) is 10.5. The Morgan fingerprint density at radius 3 is 1.01 bits per heavy atom. The zero-order chi connectivity index (χ0) is 49.3. The first-order chi connectivity index (χ1) is 33.2. The second kappa shape index (κ2) is 17.4. The Kier molecular flexibility index (Phi) is 11.6. The molecule has 0 N–H and O–H groups in total. The quantitative estimate of drug-likeness (QED) is 0.146. The van der Waals surface area contributed by atoms with Crippen LogP contribution in [0, 0.1) is 0 Å². The summed E-state index contributed by atoms with van der Waals surface area (Å²) in [4.78, 5) is 0. The number of hydrogen-bond donors (Lipinski definition) is 0. The smallest absolute Gasteiger partial charge is 0.000764 e. The van der Waals surface area contributed by atoms with Crippen LogP contribution in [0.25, 0.3) is 99.1 Å². The molecule has 0 aliphatic rings. The van der Waals surface area contributed by atoms with Crippen molar-refractivity contribution in [1.29, 1.82) is 0 Å². The van der Waals surface area contributed by atoms with Crippen LogP contribution in [0.5, 0.6) is 0 Å². The van der Waals surface area contributed by atoms with Gasteiger partial charge in [0.2, 0.25) is 0 Å². The molecule has 70 heavy (non-hydrogen) atoms. The highest BCUT2D eigenvalue weighted by molar-refractivity contribution is 6.31. The van der Waals surface area contributed by atoms with Crippen molar-refractivity contribution in [2.24, 2.45) is 0 Å². The van der Waals surface area contributed by atoms with E-state index in [-0.39, 0.29) is 21.7 Å². The third-order valence-corrected chi connectivity index (χ3v) is 14.7. The van der Waals surface area contributed by atoms with Crippen LogP contribution in [0.4, 0.5) is 0 Å². The lowest BCUT2D eigenvalue weighted by molar-refractivity contribution is 0.590. The van der Waals surface area contributed by atoms with Gasteiger partial charge in [0.25, 0.3) is 0 Å². The van der Waals surface area contributed by atoms with Gasteiger partial charge in [-0.3, -0.25) is 0 Å². The van der Waals surface area contributed by atoms with Crippen LogP contribution in [0.15, 0.2) is 194 Å². The van der Waals surface area contributed by atoms with Crippen LogP contribution in [-0.4, -0.2) is 0 Å². The van der Waals surface area contributed by atoms with E-state index in [1.54, 1.807) is 0 Å². The number of fused-ring (bicyclic) bond motifs is 3. The normalized spacial score (nSPS) is 12.6. The maximum atomic E-state index is 2.55. The predicted molar refractivity (Wildman–Crippen MR) is 306 cm³/mol. The summed E-state index contributed by atoms with van der Waals surface area (Å²) in [7, 11) is 0. The van der Waals surface area contributed by atoms with E-state index in [9.17, 15) is 0 Å². The molecular weight excluding hydrogens is 841 g/mol. The van der Waals surface area contributed by atoms with Gasteiger partial charge in [-0.2, -0.15) is 0 Å². The highest BCUT2D eigenvalue weighted by Gasteiger charge is 2.28. The van der Waals surface area contributed by atoms with Crippen LogP contribution in [0.3, 0.4) is 0 Å². The Bertz CT molecular complexity index is 3520. The van der Waals surface area contributed by atoms with Gasteiger partial charge < -0.3 is 0 Å². The fourth-order valence-electron chi connectivity index (χ4n) is 10.5. The molecule has 0 unspecified atom stereocenters. The SMILES string of the molecule is CC(C)(C)c1ccc(-c2c3ccc(C(C)(C)C)cc3cc3c(-c4ccc(C(C)(C)C)cc4)c4c(-c5ccc(-c6ccccc6)cc5)cc(C(C)(C)C)cc4c(-c4ccc(-c5ccccc5)cc4)c23)cc1. The van der Waals surface area contributed by atoms with Crippen LogP contribution in [0.1, 0.15) is 105 Å². The van der Waals surface area contributed by atoms with Crippen molar-refractivity contribution in [3.63, 3.8) is 0 Å². The molecule has 0 saturated heterocycles. The Morgan fingerprint density at radius 1 is 0.229 bits per heavy atom. The highest BCUT2D eigenvalue weighted by atomic mass is 14.3. The summed E-state index contributed by atoms with van der Waals surface area (Å²) in [5.74, 6) is 0. The van der Waals surface area contributed by atoms with Gasteiger partial charge >= 0.3 is 0 Å². The van der Waals surface area contributed by atoms with Gasteiger partial charge in [-0.15, -0.1) is 0 Å². The lowest BCUT2D eigenvalue weighted by atomic mass is 9.75. The molecule has 0 saturated carbocycles. The van der Waals surface area contributed by atoms with E-state index < -0.39 is 0 Å². The molecule has 0 aliphatic heterocycles. The molecule has 0 nitrogen and oxygen atoms in total. The van der Waals surface area contributed by atoms with Gasteiger partial charge in [0, 0.05) is 0 Å². The van der Waals surface area contributed by atoms with Crippen molar-refractivity contribution in [3.05, 3.63) is 216 Å². The fraction of sp³-hybridized carbons (Fsp3) is 0.229. The van der Waals surface area contributed by atoms with Gasteiger partial charge in [-0.25, -0.2) is 0 Å². The second-order valence-corrected chi connectivity index (χ2v) is 23.8. The van der Waals surface area contributed by atoms with Gasteiger partial charge in [-0.1, -0.05) is 259 Å². The number of hydrogen-bond acceptors (Lipinski definition) is 0. The zero-order valence-corrected chi connectivity index (χ0v) is 43.5. The average Bonchev–Trinajstić information content (AvgIpc) is 3.34. The molecule has 0 spiro atoms. The van der Waals surface area contributed by atoms with Crippen molar-refractivity contribution in [1.82, 2.24) is 0 Å². The summed E-state index contributed by atoms with van der Waals surface area (Å²) in [5.41, 5.74) is 20.0. The van der Waals surface area contributed by atoms with E-state index in [1.807, 2.05) is 0 Å². The molecular formula is C70H68. The third-order valence-electron chi connectivity index (χ3n) is 14.7. The summed E-state index contributed by atoms with van der Waals surface area (Å²) in [5, 5.41) is 7.61. The molecule has 0 radical (unpaired) electrons. The van der Waals surface area contributed by atoms with Crippen LogP contribution < -0.4 is 0 Å². The molecule has 0 fully saturated rings. The summed E-state index contributed by atoms with van der Waals surface area (Å²) in [6, 6.07) is 74.2. The topological polar surface area (TPSA) is 0 Å². The molecule has 0 amide bonds. The summed E-state index contributed by atoms with van der Waals surface area (Å²) in [6.45, 7) is 27.9. The van der Waals surface area contributed by atoms with Crippen molar-refractivity contribution in [3.8, 4) is 66.8 Å². The maximum absolute atomic E-state index is 2.55. The van der Waals surface area contributed by atoms with E-state index in [2.05, 4.69) is 277 Å². The highest BCUT2D eigenvalue weighted by Crippen LogP contribution is 2.53. The first-order valence-corrected chi connectivity index (χ1v) is 25.3. The molecule has 0 aliphatic carbocycles. The summed E-state index contributed by atoms with van der Waals surface area (Å²) in [6.07, 6.45) is 0. The predicted octanol–water partition coefficient (Wildman–Crippen LogP) is 20.3. The molecule has 348 valence electrons. The molecule has 10 aromatic carbocycles. The number of benzene rings is 10. The largest absolute Gasteiger partial charge is 0.0622 e. The minimum Gasteiger partial charge on any atom is -0.0622 e. The molecule has 0 heteroatoms. The standard InChI is InChI=1S/C70H68/c1-67(2,3)54-35-31-51(32-36-54)62-58-40-39-56(69(7,8)9)41-53(58)42-60-63(52-33-37-55(38-34-52)68(4,5)6)65-59(49-27-23-47(24-28-49)45-19-15-13-16-20-45)43-57(70(10,11)12)44-61(65)64(66(60)62)50-29-25-48(26-30-50)46-21-17-14-18-22-46/h13-44H,1-12H3. The lowest BCUT2D eigenvalue weighted by Gasteiger charge is -2.28. The zero-order valence-electron chi connectivity index (χ0n) is 43.5. The molecule has 0 atom stereocenters.